The second-order valence-electron chi connectivity index (χ2n) is 7.22. The van der Waals surface area contributed by atoms with Crippen molar-refractivity contribution in [3.05, 3.63) is 60.2 Å². The van der Waals surface area contributed by atoms with Crippen LogP contribution in [0.3, 0.4) is 0 Å². The maximum Gasteiger partial charge on any atom is 0.231 e. The van der Waals surface area contributed by atoms with E-state index in [9.17, 15) is 4.79 Å². The minimum absolute atomic E-state index is 0.00702. The molecule has 3 aromatic rings. The molecule has 2 aromatic carbocycles. The van der Waals surface area contributed by atoms with E-state index in [2.05, 4.69) is 51.0 Å². The van der Waals surface area contributed by atoms with Crippen molar-refractivity contribution in [2.45, 2.75) is 32.9 Å². The number of rotatable bonds is 5. The molecule has 140 valence electrons. The van der Waals surface area contributed by atoms with Crippen LogP contribution in [0.25, 0.3) is 11.0 Å². The molecule has 2 heterocycles. The molecule has 1 aromatic heterocycles. The zero-order valence-corrected chi connectivity index (χ0v) is 15.8. The topological polar surface area (TPSA) is 50.2 Å². The summed E-state index contributed by atoms with van der Waals surface area (Å²) in [6, 6.07) is 18.5. The van der Waals surface area contributed by atoms with Crippen molar-refractivity contribution >= 4 is 22.9 Å². The summed E-state index contributed by atoms with van der Waals surface area (Å²) in [5, 5.41) is 3.09. The molecule has 0 aliphatic carbocycles. The molecule has 0 radical (unpaired) electrons. The number of hydrogen-bond acceptors (Lipinski definition) is 3. The van der Waals surface area contributed by atoms with E-state index in [1.807, 2.05) is 30.3 Å². The lowest BCUT2D eigenvalue weighted by Gasteiger charge is -2.32. The van der Waals surface area contributed by atoms with Gasteiger partial charge in [-0.05, 0) is 44.0 Å². The number of carbonyl (C=O) groups is 1. The van der Waals surface area contributed by atoms with Crippen LogP contribution in [-0.4, -0.2) is 33.4 Å². The fraction of sp³-hybridized carbons (Fsp3) is 0.364. The number of imidazole rings is 1. The Labute approximate surface area is 160 Å². The highest BCUT2D eigenvalue weighted by molar-refractivity contribution is 5.93. The molecule has 1 aliphatic rings. The first-order valence-corrected chi connectivity index (χ1v) is 9.77. The zero-order valence-electron chi connectivity index (χ0n) is 15.8. The van der Waals surface area contributed by atoms with Gasteiger partial charge in [0.25, 0.3) is 0 Å². The minimum atomic E-state index is 0.00702. The van der Waals surface area contributed by atoms with Gasteiger partial charge in [-0.1, -0.05) is 42.5 Å². The van der Waals surface area contributed by atoms with Crippen LogP contribution in [-0.2, 0) is 17.9 Å². The van der Waals surface area contributed by atoms with E-state index in [1.54, 1.807) is 0 Å². The normalized spacial score (nSPS) is 17.9. The lowest BCUT2D eigenvalue weighted by Crippen LogP contribution is -2.40. The molecule has 27 heavy (non-hydrogen) atoms. The lowest BCUT2D eigenvalue weighted by atomic mass is 9.96. The standard InChI is InChI=1S/C22H26N4O/c1-2-26-20-13-7-6-12-19(20)23-22(26)24-21(27)18-11-8-14-25(16-18)15-17-9-4-3-5-10-17/h3-7,9-10,12-13,18H,2,8,11,14-16H2,1H3,(H,23,24,27). The summed E-state index contributed by atoms with van der Waals surface area (Å²) in [5.74, 6) is 0.745. The second kappa shape index (κ2) is 7.92. The SMILES string of the molecule is CCn1c(NC(=O)C2CCCN(Cc3ccccc3)C2)nc2ccccc21. The fourth-order valence-electron chi connectivity index (χ4n) is 3.96. The number of piperidine rings is 1. The van der Waals surface area contributed by atoms with E-state index in [-0.39, 0.29) is 11.8 Å². The number of hydrogen-bond donors (Lipinski definition) is 1. The van der Waals surface area contributed by atoms with Gasteiger partial charge in [-0.15, -0.1) is 0 Å². The van der Waals surface area contributed by atoms with Gasteiger partial charge in [0.1, 0.15) is 0 Å². The molecule has 1 N–H and O–H groups in total. The Balaban J connectivity index is 1.45. The number of likely N-dealkylation sites (tertiary alicyclic amines) is 1. The van der Waals surface area contributed by atoms with E-state index in [4.69, 9.17) is 0 Å². The molecule has 1 amide bonds. The van der Waals surface area contributed by atoms with E-state index in [0.29, 0.717) is 5.95 Å². The minimum Gasteiger partial charge on any atom is -0.310 e. The molecule has 1 atom stereocenters. The Morgan fingerprint density at radius 1 is 1.15 bits per heavy atom. The first-order valence-electron chi connectivity index (χ1n) is 9.77. The van der Waals surface area contributed by atoms with E-state index in [0.717, 1.165) is 50.1 Å². The highest BCUT2D eigenvalue weighted by Crippen LogP contribution is 2.23. The molecule has 0 bridgehead atoms. The molecule has 1 saturated heterocycles. The maximum absolute atomic E-state index is 12.9. The van der Waals surface area contributed by atoms with Gasteiger partial charge >= 0.3 is 0 Å². The zero-order chi connectivity index (χ0) is 18.6. The van der Waals surface area contributed by atoms with Crippen molar-refractivity contribution in [3.8, 4) is 0 Å². The summed E-state index contributed by atoms with van der Waals surface area (Å²) in [6.07, 6.45) is 1.98. The monoisotopic (exact) mass is 362 g/mol. The van der Waals surface area contributed by atoms with Gasteiger partial charge in [0, 0.05) is 19.6 Å². The van der Waals surface area contributed by atoms with Crippen molar-refractivity contribution in [1.82, 2.24) is 14.5 Å². The van der Waals surface area contributed by atoms with Gasteiger partial charge < -0.3 is 4.57 Å². The number of benzene rings is 2. The van der Waals surface area contributed by atoms with Crippen LogP contribution in [0.5, 0.6) is 0 Å². The van der Waals surface area contributed by atoms with Crippen molar-refractivity contribution in [2.24, 2.45) is 5.92 Å². The molecule has 5 heteroatoms. The van der Waals surface area contributed by atoms with Crippen LogP contribution in [0.4, 0.5) is 5.95 Å². The van der Waals surface area contributed by atoms with Gasteiger partial charge in [-0.3, -0.25) is 15.0 Å². The van der Waals surface area contributed by atoms with E-state index < -0.39 is 0 Å². The van der Waals surface area contributed by atoms with Crippen molar-refractivity contribution in [3.63, 3.8) is 0 Å². The Hall–Kier alpha value is -2.66. The van der Waals surface area contributed by atoms with Crippen molar-refractivity contribution < 1.29 is 4.79 Å². The summed E-state index contributed by atoms with van der Waals surface area (Å²) in [7, 11) is 0. The number of aromatic nitrogens is 2. The Morgan fingerprint density at radius 3 is 2.74 bits per heavy atom. The lowest BCUT2D eigenvalue weighted by molar-refractivity contribution is -0.121. The smallest absolute Gasteiger partial charge is 0.231 e. The largest absolute Gasteiger partial charge is 0.310 e. The van der Waals surface area contributed by atoms with Crippen LogP contribution in [0.1, 0.15) is 25.3 Å². The number of amides is 1. The number of carbonyl (C=O) groups excluding carboxylic acids is 1. The third-order valence-corrected chi connectivity index (χ3v) is 5.33. The number of para-hydroxylation sites is 2. The predicted molar refractivity (Wildman–Crippen MR) is 108 cm³/mol. The average molecular weight is 362 g/mol. The number of nitrogens with one attached hydrogen (secondary N) is 1. The molecule has 0 spiro atoms. The first kappa shape index (κ1) is 17.7. The Kier molecular flexibility index (Phi) is 5.21. The first-order chi connectivity index (χ1) is 13.2. The Bertz CT molecular complexity index is 918. The molecule has 5 nitrogen and oxygen atoms in total. The summed E-state index contributed by atoms with van der Waals surface area (Å²) in [5.41, 5.74) is 3.28. The summed E-state index contributed by atoms with van der Waals surface area (Å²) < 4.78 is 2.07. The van der Waals surface area contributed by atoms with Crippen LogP contribution in [0, 0.1) is 5.92 Å². The molecule has 1 aliphatic heterocycles. The molecular formula is C22H26N4O. The highest BCUT2D eigenvalue weighted by Gasteiger charge is 2.27. The third kappa shape index (κ3) is 3.88. The maximum atomic E-state index is 12.9. The van der Waals surface area contributed by atoms with Crippen molar-refractivity contribution in [1.29, 1.82) is 0 Å². The van der Waals surface area contributed by atoms with Gasteiger partial charge in [-0.2, -0.15) is 0 Å². The fourth-order valence-corrected chi connectivity index (χ4v) is 3.96. The Morgan fingerprint density at radius 2 is 1.93 bits per heavy atom. The summed E-state index contributed by atoms with van der Waals surface area (Å²) in [4.78, 5) is 19.9. The predicted octanol–water partition coefficient (Wildman–Crippen LogP) is 3.91. The van der Waals surface area contributed by atoms with Gasteiger partial charge in [0.15, 0.2) is 0 Å². The molecule has 1 fully saturated rings. The quantitative estimate of drug-likeness (QED) is 0.749. The number of aryl methyl sites for hydroxylation is 1. The van der Waals surface area contributed by atoms with E-state index >= 15 is 0 Å². The van der Waals surface area contributed by atoms with Crippen LogP contribution in [0.2, 0.25) is 0 Å². The van der Waals surface area contributed by atoms with Crippen molar-refractivity contribution in [2.75, 3.05) is 18.4 Å². The van der Waals surface area contributed by atoms with Crippen LogP contribution in [0.15, 0.2) is 54.6 Å². The molecule has 1 unspecified atom stereocenters. The molecular weight excluding hydrogens is 336 g/mol. The molecule has 4 rings (SSSR count). The van der Waals surface area contributed by atoms with Crippen LogP contribution >= 0.6 is 0 Å². The van der Waals surface area contributed by atoms with Gasteiger partial charge in [0.05, 0.1) is 17.0 Å². The van der Waals surface area contributed by atoms with Crippen LogP contribution < -0.4 is 5.32 Å². The average Bonchev–Trinajstić information content (AvgIpc) is 3.06. The third-order valence-electron chi connectivity index (χ3n) is 5.33. The highest BCUT2D eigenvalue weighted by atomic mass is 16.2. The summed E-state index contributed by atoms with van der Waals surface area (Å²) in [6.45, 7) is 5.60. The van der Waals surface area contributed by atoms with Gasteiger partial charge in [-0.25, -0.2) is 4.98 Å². The number of anilines is 1. The summed E-state index contributed by atoms with van der Waals surface area (Å²) >= 11 is 0. The van der Waals surface area contributed by atoms with Gasteiger partial charge in [0.2, 0.25) is 11.9 Å². The number of nitrogens with zero attached hydrogens (tertiary/aromatic N) is 3. The number of fused-ring (bicyclic) bond motifs is 1. The second-order valence-corrected chi connectivity index (χ2v) is 7.22. The van der Waals surface area contributed by atoms with E-state index in [1.165, 1.54) is 5.56 Å². The molecule has 0 saturated carbocycles.